The SMILES string of the molecule is C#Cc1c(C(=O)O)n(Cc2cccc(C(F)(F)F)c2)c2cccnc12. The van der Waals surface area contributed by atoms with E-state index in [4.69, 9.17) is 6.42 Å². The molecule has 0 fully saturated rings. The van der Waals surface area contributed by atoms with Crippen LogP contribution in [0.3, 0.4) is 0 Å². The van der Waals surface area contributed by atoms with Crippen LogP contribution in [0.1, 0.15) is 27.2 Å². The molecule has 4 nitrogen and oxygen atoms in total. The predicted molar refractivity (Wildman–Crippen MR) is 85.2 cm³/mol. The molecule has 0 aliphatic rings. The van der Waals surface area contributed by atoms with E-state index in [0.717, 1.165) is 12.1 Å². The van der Waals surface area contributed by atoms with E-state index in [2.05, 4.69) is 10.9 Å². The van der Waals surface area contributed by atoms with Crippen molar-refractivity contribution in [3.05, 3.63) is 65.0 Å². The van der Waals surface area contributed by atoms with Crippen LogP contribution in [0.25, 0.3) is 11.0 Å². The van der Waals surface area contributed by atoms with E-state index in [-0.39, 0.29) is 17.8 Å². The molecule has 0 bridgehead atoms. The number of pyridine rings is 1. The number of halogens is 3. The third kappa shape index (κ3) is 2.94. The average Bonchev–Trinajstić information content (AvgIpc) is 2.88. The van der Waals surface area contributed by atoms with Gasteiger partial charge in [0.1, 0.15) is 11.2 Å². The van der Waals surface area contributed by atoms with Gasteiger partial charge in [-0.05, 0) is 29.8 Å². The van der Waals surface area contributed by atoms with Crippen molar-refractivity contribution in [3.63, 3.8) is 0 Å². The summed E-state index contributed by atoms with van der Waals surface area (Å²) in [6.07, 6.45) is 2.43. The highest BCUT2D eigenvalue weighted by Crippen LogP contribution is 2.30. The first-order valence-corrected chi connectivity index (χ1v) is 7.16. The zero-order valence-corrected chi connectivity index (χ0v) is 12.7. The fraction of sp³-hybridized carbons (Fsp3) is 0.111. The summed E-state index contributed by atoms with van der Waals surface area (Å²) in [4.78, 5) is 15.8. The van der Waals surface area contributed by atoms with Gasteiger partial charge in [0.05, 0.1) is 16.6 Å². The number of fused-ring (bicyclic) bond motifs is 1. The van der Waals surface area contributed by atoms with Crippen LogP contribution in [0.15, 0.2) is 42.6 Å². The molecule has 1 N–H and O–H groups in total. The van der Waals surface area contributed by atoms with E-state index >= 15 is 0 Å². The zero-order valence-electron chi connectivity index (χ0n) is 12.7. The fourth-order valence-electron chi connectivity index (χ4n) is 2.73. The van der Waals surface area contributed by atoms with Crippen LogP contribution in [0.2, 0.25) is 0 Å². The molecule has 0 amide bonds. The number of carboxylic acids is 1. The van der Waals surface area contributed by atoms with Crippen molar-refractivity contribution in [3.8, 4) is 12.3 Å². The molecule has 2 heterocycles. The van der Waals surface area contributed by atoms with Crippen molar-refractivity contribution >= 4 is 17.0 Å². The molecule has 25 heavy (non-hydrogen) atoms. The molecule has 0 radical (unpaired) electrons. The highest BCUT2D eigenvalue weighted by Gasteiger charge is 2.30. The first-order valence-electron chi connectivity index (χ1n) is 7.16. The minimum Gasteiger partial charge on any atom is -0.477 e. The largest absolute Gasteiger partial charge is 0.477 e. The van der Waals surface area contributed by atoms with Crippen molar-refractivity contribution < 1.29 is 23.1 Å². The number of terminal acetylenes is 1. The third-order valence-corrected chi connectivity index (χ3v) is 3.76. The normalized spacial score (nSPS) is 11.4. The number of benzene rings is 1. The van der Waals surface area contributed by atoms with Gasteiger partial charge in [-0.3, -0.25) is 4.98 Å². The van der Waals surface area contributed by atoms with Crippen LogP contribution in [0, 0.1) is 12.3 Å². The Morgan fingerprint density at radius 3 is 2.68 bits per heavy atom. The number of hydrogen-bond donors (Lipinski definition) is 1. The van der Waals surface area contributed by atoms with Crippen LogP contribution >= 0.6 is 0 Å². The summed E-state index contributed by atoms with van der Waals surface area (Å²) in [7, 11) is 0. The Bertz CT molecular complexity index is 1010. The Labute approximate surface area is 140 Å². The number of carboxylic acid groups (broad SMARTS) is 1. The standard InChI is InChI=1S/C18H11F3N2O2/c1-2-13-15-14(7-4-8-22-15)23(16(13)17(24)25)10-11-5-3-6-12(9-11)18(19,20)21/h1,3-9H,10H2,(H,24,25). The highest BCUT2D eigenvalue weighted by molar-refractivity contribution is 5.98. The minimum atomic E-state index is -4.48. The quantitative estimate of drug-likeness (QED) is 0.736. The lowest BCUT2D eigenvalue weighted by Crippen LogP contribution is -2.12. The van der Waals surface area contributed by atoms with E-state index in [1.807, 2.05) is 0 Å². The molecule has 0 saturated heterocycles. The second-order valence-electron chi connectivity index (χ2n) is 5.33. The minimum absolute atomic E-state index is 0.0740. The maximum Gasteiger partial charge on any atom is 0.416 e. The number of aromatic nitrogens is 2. The van der Waals surface area contributed by atoms with Crippen molar-refractivity contribution in [2.45, 2.75) is 12.7 Å². The Kier molecular flexibility index (Phi) is 3.97. The summed E-state index contributed by atoms with van der Waals surface area (Å²) in [6.45, 7) is -0.0740. The number of carbonyl (C=O) groups is 1. The molecule has 2 aromatic heterocycles. The smallest absolute Gasteiger partial charge is 0.416 e. The molecule has 126 valence electrons. The van der Waals surface area contributed by atoms with Gasteiger partial charge in [-0.1, -0.05) is 18.1 Å². The van der Waals surface area contributed by atoms with Gasteiger partial charge in [-0.25, -0.2) is 4.79 Å². The van der Waals surface area contributed by atoms with E-state index in [1.54, 1.807) is 12.1 Å². The monoisotopic (exact) mass is 344 g/mol. The summed E-state index contributed by atoms with van der Waals surface area (Å²) in [5.41, 5.74) is 0.221. The number of alkyl halides is 3. The highest BCUT2D eigenvalue weighted by atomic mass is 19.4. The van der Waals surface area contributed by atoms with E-state index in [0.29, 0.717) is 16.6 Å². The number of hydrogen-bond acceptors (Lipinski definition) is 2. The number of nitrogens with zero attached hydrogens (tertiary/aromatic N) is 2. The fourth-order valence-corrected chi connectivity index (χ4v) is 2.73. The lowest BCUT2D eigenvalue weighted by Gasteiger charge is -2.11. The molecule has 1 aromatic carbocycles. The summed E-state index contributed by atoms with van der Waals surface area (Å²) < 4.78 is 40.0. The predicted octanol–water partition coefficient (Wildman–Crippen LogP) is 3.78. The maximum absolute atomic E-state index is 12.9. The van der Waals surface area contributed by atoms with Gasteiger partial charge in [-0.2, -0.15) is 13.2 Å². The van der Waals surface area contributed by atoms with Crippen molar-refractivity contribution in [2.75, 3.05) is 0 Å². The average molecular weight is 344 g/mol. The maximum atomic E-state index is 12.9. The molecule has 0 aliphatic heterocycles. The van der Waals surface area contributed by atoms with Gasteiger partial charge in [0.15, 0.2) is 0 Å². The first kappa shape index (κ1) is 16.6. The zero-order chi connectivity index (χ0) is 18.2. The van der Waals surface area contributed by atoms with Gasteiger partial charge in [0, 0.05) is 12.7 Å². The Morgan fingerprint density at radius 1 is 1.28 bits per heavy atom. The number of aromatic carboxylic acids is 1. The second kappa shape index (κ2) is 5.98. The van der Waals surface area contributed by atoms with Crippen LogP contribution in [-0.2, 0) is 12.7 Å². The van der Waals surface area contributed by atoms with Crippen LogP contribution in [0.5, 0.6) is 0 Å². The summed E-state index contributed by atoms with van der Waals surface area (Å²) in [5.74, 6) is 1.05. The molecule has 0 saturated carbocycles. The number of rotatable bonds is 3. The van der Waals surface area contributed by atoms with Gasteiger partial charge < -0.3 is 9.67 Å². The van der Waals surface area contributed by atoms with Gasteiger partial charge in [0.25, 0.3) is 0 Å². The molecule has 0 aliphatic carbocycles. The Hall–Kier alpha value is -3.27. The molecule has 3 aromatic rings. The Morgan fingerprint density at radius 2 is 2.04 bits per heavy atom. The molecule has 3 rings (SSSR count). The van der Waals surface area contributed by atoms with E-state index < -0.39 is 17.7 Å². The molecule has 0 spiro atoms. The summed E-state index contributed by atoms with van der Waals surface area (Å²) >= 11 is 0. The topological polar surface area (TPSA) is 55.1 Å². The van der Waals surface area contributed by atoms with Gasteiger partial charge in [-0.15, -0.1) is 6.42 Å². The van der Waals surface area contributed by atoms with Gasteiger partial charge >= 0.3 is 12.1 Å². The van der Waals surface area contributed by atoms with Gasteiger partial charge in [0.2, 0.25) is 0 Å². The van der Waals surface area contributed by atoms with Crippen molar-refractivity contribution in [1.29, 1.82) is 0 Å². The first-order chi connectivity index (χ1) is 11.8. The molecule has 0 atom stereocenters. The Balaban J connectivity index is 2.19. The lowest BCUT2D eigenvalue weighted by atomic mass is 10.1. The lowest BCUT2D eigenvalue weighted by molar-refractivity contribution is -0.137. The molecule has 7 heteroatoms. The van der Waals surface area contributed by atoms with E-state index in [1.165, 1.54) is 22.9 Å². The van der Waals surface area contributed by atoms with Crippen molar-refractivity contribution in [2.24, 2.45) is 0 Å². The third-order valence-electron chi connectivity index (χ3n) is 3.76. The van der Waals surface area contributed by atoms with E-state index in [9.17, 15) is 23.1 Å². The molecular weight excluding hydrogens is 333 g/mol. The van der Waals surface area contributed by atoms with Crippen LogP contribution in [-0.4, -0.2) is 20.6 Å². The summed E-state index contributed by atoms with van der Waals surface area (Å²) in [6, 6.07) is 7.97. The van der Waals surface area contributed by atoms with Crippen LogP contribution in [0.4, 0.5) is 13.2 Å². The second-order valence-corrected chi connectivity index (χ2v) is 5.33. The van der Waals surface area contributed by atoms with Crippen LogP contribution < -0.4 is 0 Å². The van der Waals surface area contributed by atoms with Crippen molar-refractivity contribution in [1.82, 2.24) is 9.55 Å². The molecule has 0 unspecified atom stereocenters. The summed E-state index contributed by atoms with van der Waals surface area (Å²) in [5, 5.41) is 9.52. The molecular formula is C18H11F3N2O2.